The summed E-state index contributed by atoms with van der Waals surface area (Å²) in [4.78, 5) is 6.37. The third-order valence-corrected chi connectivity index (χ3v) is 4.52. The Labute approximate surface area is 146 Å². The van der Waals surface area contributed by atoms with E-state index in [1.807, 2.05) is 20.2 Å². The molecule has 2 aromatic carbocycles. The minimum absolute atomic E-state index is 0.246. The maximum absolute atomic E-state index is 6.33. The molecule has 1 atom stereocenters. The van der Waals surface area contributed by atoms with Crippen molar-refractivity contribution in [1.29, 1.82) is 0 Å². The van der Waals surface area contributed by atoms with Gasteiger partial charge in [0.15, 0.2) is 0 Å². The third-order valence-electron chi connectivity index (χ3n) is 4.52. The fourth-order valence-electron chi connectivity index (χ4n) is 2.96. The van der Waals surface area contributed by atoms with E-state index in [2.05, 4.69) is 80.1 Å². The first-order chi connectivity index (χ1) is 11.2. The van der Waals surface area contributed by atoms with E-state index in [1.165, 1.54) is 22.5 Å². The Balaban J connectivity index is 2.43. The molecule has 0 fully saturated rings. The molecule has 0 unspecified atom stereocenters. The minimum Gasteiger partial charge on any atom is -0.398 e. The van der Waals surface area contributed by atoms with E-state index >= 15 is 0 Å². The van der Waals surface area contributed by atoms with Crippen molar-refractivity contribution < 1.29 is 0 Å². The molecule has 2 rings (SSSR count). The number of nitrogens with zero attached hydrogens (tertiary/aromatic N) is 3. The van der Waals surface area contributed by atoms with Gasteiger partial charge in [-0.25, -0.2) is 0 Å². The van der Waals surface area contributed by atoms with Gasteiger partial charge in [-0.2, -0.15) is 0 Å². The van der Waals surface area contributed by atoms with Gasteiger partial charge in [-0.15, -0.1) is 0 Å². The lowest BCUT2D eigenvalue weighted by Gasteiger charge is -2.25. The van der Waals surface area contributed by atoms with Gasteiger partial charge in [0.2, 0.25) is 0 Å². The van der Waals surface area contributed by atoms with E-state index in [0.29, 0.717) is 0 Å². The monoisotopic (exact) mass is 326 g/mol. The molecule has 0 saturated heterocycles. The Hall–Kier alpha value is -2.36. The van der Waals surface area contributed by atoms with Crippen LogP contribution in [0.2, 0.25) is 0 Å². The summed E-state index contributed by atoms with van der Waals surface area (Å²) in [5, 5.41) is 0. The molecule has 0 aliphatic rings. The molecule has 0 aliphatic carbocycles. The summed E-state index contributed by atoms with van der Waals surface area (Å²) in [6.45, 7) is 2.21. The molecule has 0 amide bonds. The van der Waals surface area contributed by atoms with Crippen molar-refractivity contribution in [3.05, 3.63) is 47.5 Å². The predicted octanol–water partition coefficient (Wildman–Crippen LogP) is 3.62. The molecule has 0 heterocycles. The molecule has 0 aromatic heterocycles. The zero-order chi connectivity index (χ0) is 18.0. The number of benzene rings is 2. The number of nitrogens with two attached hydrogens (primary N) is 1. The molecule has 0 saturated carbocycles. The zero-order valence-electron chi connectivity index (χ0n) is 16.0. The number of rotatable bonds is 5. The molecule has 0 spiro atoms. The molecule has 0 aliphatic heterocycles. The molecule has 2 N–H and O–H groups in total. The van der Waals surface area contributed by atoms with E-state index in [1.54, 1.807) is 0 Å². The maximum atomic E-state index is 6.33. The Morgan fingerprint density at radius 3 is 1.88 bits per heavy atom. The van der Waals surface area contributed by atoms with Crippen molar-refractivity contribution in [2.24, 2.45) is 0 Å². The fourth-order valence-corrected chi connectivity index (χ4v) is 2.96. The van der Waals surface area contributed by atoms with Gasteiger partial charge in [-0.1, -0.05) is 19.1 Å². The van der Waals surface area contributed by atoms with E-state index in [4.69, 9.17) is 5.73 Å². The average Bonchev–Trinajstić information content (AvgIpc) is 2.53. The van der Waals surface area contributed by atoms with Crippen LogP contribution in [0.5, 0.6) is 0 Å². The Morgan fingerprint density at radius 1 is 0.750 bits per heavy atom. The molecule has 0 bridgehead atoms. The molecule has 130 valence electrons. The van der Waals surface area contributed by atoms with E-state index < -0.39 is 0 Å². The highest BCUT2D eigenvalue weighted by atomic mass is 15.1. The minimum atomic E-state index is 0.246. The summed E-state index contributed by atoms with van der Waals surface area (Å²) < 4.78 is 0. The van der Waals surface area contributed by atoms with Crippen molar-refractivity contribution in [2.75, 3.05) is 62.7 Å². The van der Waals surface area contributed by atoms with Crippen LogP contribution in [-0.4, -0.2) is 42.3 Å². The maximum Gasteiger partial charge on any atom is 0.0601 e. The van der Waals surface area contributed by atoms with Crippen LogP contribution in [0.4, 0.5) is 22.7 Å². The van der Waals surface area contributed by atoms with Gasteiger partial charge in [0.05, 0.1) is 11.4 Å². The largest absolute Gasteiger partial charge is 0.398 e. The van der Waals surface area contributed by atoms with Crippen molar-refractivity contribution >= 4 is 22.7 Å². The van der Waals surface area contributed by atoms with Gasteiger partial charge < -0.3 is 20.4 Å². The molecule has 0 radical (unpaired) electrons. The molecule has 4 heteroatoms. The van der Waals surface area contributed by atoms with Crippen LogP contribution in [0.25, 0.3) is 0 Å². The Kier molecular flexibility index (Phi) is 5.27. The van der Waals surface area contributed by atoms with Gasteiger partial charge in [0.25, 0.3) is 0 Å². The van der Waals surface area contributed by atoms with Crippen LogP contribution < -0.4 is 20.4 Å². The quantitative estimate of drug-likeness (QED) is 0.851. The van der Waals surface area contributed by atoms with Crippen molar-refractivity contribution in [3.8, 4) is 0 Å². The highest BCUT2D eigenvalue weighted by Gasteiger charge is 2.15. The number of anilines is 4. The Bertz CT molecular complexity index is 705. The van der Waals surface area contributed by atoms with Gasteiger partial charge in [-0.3, -0.25) is 0 Å². The lowest BCUT2D eigenvalue weighted by molar-refractivity contribution is 0.920. The highest BCUT2D eigenvalue weighted by Crippen LogP contribution is 2.35. The normalized spacial score (nSPS) is 12.0. The van der Waals surface area contributed by atoms with Crippen LogP contribution in [0.3, 0.4) is 0 Å². The molecular weight excluding hydrogens is 296 g/mol. The smallest absolute Gasteiger partial charge is 0.0601 e. The van der Waals surface area contributed by atoms with Crippen LogP contribution in [0, 0.1) is 0 Å². The van der Waals surface area contributed by atoms with E-state index in [0.717, 1.165) is 11.4 Å². The summed E-state index contributed by atoms with van der Waals surface area (Å²) >= 11 is 0. The first-order valence-electron chi connectivity index (χ1n) is 8.27. The number of hydrogen-bond donors (Lipinski definition) is 1. The highest BCUT2D eigenvalue weighted by molar-refractivity contribution is 5.72. The second-order valence-corrected chi connectivity index (χ2v) is 6.97. The first kappa shape index (κ1) is 18.0. The van der Waals surface area contributed by atoms with Crippen LogP contribution in [-0.2, 0) is 0 Å². The van der Waals surface area contributed by atoms with Crippen molar-refractivity contribution in [2.45, 2.75) is 12.8 Å². The summed E-state index contributed by atoms with van der Waals surface area (Å²) in [5.41, 5.74) is 13.2. The van der Waals surface area contributed by atoms with Crippen molar-refractivity contribution in [3.63, 3.8) is 0 Å². The topological polar surface area (TPSA) is 35.7 Å². The Morgan fingerprint density at radius 2 is 1.38 bits per heavy atom. The standard InChI is InChI=1S/C20H30N4/c1-14(17-10-9-16(22(2)3)13-18(17)21)15-8-11-19(23(4)5)20(12-15)24(6)7/h8-14H,21H2,1-7H3/t14-/m1/s1. The summed E-state index contributed by atoms with van der Waals surface area (Å²) in [6, 6.07) is 13.0. The zero-order valence-corrected chi connectivity index (χ0v) is 16.0. The average molecular weight is 326 g/mol. The van der Waals surface area contributed by atoms with Crippen LogP contribution in [0.1, 0.15) is 24.0 Å². The molecule has 4 nitrogen and oxygen atoms in total. The van der Waals surface area contributed by atoms with Gasteiger partial charge in [0, 0.05) is 59.6 Å². The summed E-state index contributed by atoms with van der Waals surface area (Å²) in [7, 11) is 12.4. The SMILES string of the molecule is C[C@H](c1ccc(N(C)C)c(N(C)C)c1)c1ccc(N(C)C)cc1N. The molecule has 24 heavy (non-hydrogen) atoms. The van der Waals surface area contributed by atoms with Gasteiger partial charge >= 0.3 is 0 Å². The van der Waals surface area contributed by atoms with Crippen LogP contribution in [0.15, 0.2) is 36.4 Å². The first-order valence-corrected chi connectivity index (χ1v) is 8.27. The summed E-state index contributed by atoms with van der Waals surface area (Å²) in [5.74, 6) is 0.246. The predicted molar refractivity (Wildman–Crippen MR) is 108 cm³/mol. The fraction of sp³-hybridized carbons (Fsp3) is 0.400. The lowest BCUT2D eigenvalue weighted by atomic mass is 9.91. The third kappa shape index (κ3) is 3.58. The lowest BCUT2D eigenvalue weighted by Crippen LogP contribution is -2.17. The van der Waals surface area contributed by atoms with Gasteiger partial charge in [-0.05, 0) is 35.4 Å². The van der Waals surface area contributed by atoms with Crippen LogP contribution >= 0.6 is 0 Å². The number of hydrogen-bond acceptors (Lipinski definition) is 4. The van der Waals surface area contributed by atoms with E-state index in [9.17, 15) is 0 Å². The summed E-state index contributed by atoms with van der Waals surface area (Å²) in [6.07, 6.45) is 0. The second kappa shape index (κ2) is 7.04. The molecule has 2 aromatic rings. The van der Waals surface area contributed by atoms with E-state index in [-0.39, 0.29) is 5.92 Å². The second-order valence-electron chi connectivity index (χ2n) is 6.97. The number of nitrogen functional groups attached to an aromatic ring is 1. The molecular formula is C20H30N4. The van der Waals surface area contributed by atoms with Gasteiger partial charge in [0.1, 0.15) is 0 Å². The van der Waals surface area contributed by atoms with Crippen molar-refractivity contribution in [1.82, 2.24) is 0 Å².